The van der Waals surface area contributed by atoms with E-state index in [0.717, 1.165) is 56.6 Å². The predicted octanol–water partition coefficient (Wildman–Crippen LogP) is 2.05. The van der Waals surface area contributed by atoms with E-state index in [1.165, 1.54) is 36.9 Å². The highest BCUT2D eigenvalue weighted by Gasteiger charge is 2.27. The molecule has 2 aromatic rings. The van der Waals surface area contributed by atoms with Crippen LogP contribution in [0.15, 0.2) is 18.6 Å². The van der Waals surface area contributed by atoms with Crippen LogP contribution in [0.3, 0.4) is 0 Å². The molecule has 2 fully saturated rings. The average molecular weight is 351 g/mol. The molecule has 5 rings (SSSR count). The monoisotopic (exact) mass is 351 g/mol. The standard InChI is InChI=1S/C19H25N7/c1-2-10-26(9-1)19-23-16-6-12-25(17-13-20-7-8-21-17)11-5-15(16)18(24-19)22-14-3-4-14/h7-8,13-14H,1-6,9-12H2,(H,22,23,24). The molecule has 0 atom stereocenters. The first-order valence-electron chi connectivity index (χ1n) is 9.79. The van der Waals surface area contributed by atoms with Crippen LogP contribution in [0.2, 0.25) is 0 Å². The van der Waals surface area contributed by atoms with Crippen LogP contribution in [0.25, 0.3) is 0 Å². The minimum Gasteiger partial charge on any atom is -0.367 e. The fourth-order valence-electron chi connectivity index (χ4n) is 3.87. The minimum atomic E-state index is 0.597. The average Bonchev–Trinajstić information content (AvgIpc) is 3.38. The van der Waals surface area contributed by atoms with Crippen molar-refractivity contribution in [2.45, 2.75) is 44.6 Å². The SMILES string of the molecule is c1cnc(N2CCc3nc(N4CCCC4)nc(NC4CC4)c3CC2)cn1. The lowest BCUT2D eigenvalue weighted by Gasteiger charge is -2.20. The number of anilines is 3. The van der Waals surface area contributed by atoms with E-state index in [0.29, 0.717) is 6.04 Å². The Hall–Kier alpha value is -2.44. The number of hydrogen-bond donors (Lipinski definition) is 1. The number of nitrogens with zero attached hydrogens (tertiary/aromatic N) is 6. The van der Waals surface area contributed by atoms with Crippen molar-refractivity contribution in [1.29, 1.82) is 0 Å². The van der Waals surface area contributed by atoms with E-state index in [1.807, 2.05) is 6.20 Å². The summed E-state index contributed by atoms with van der Waals surface area (Å²) in [5.74, 6) is 2.93. The van der Waals surface area contributed by atoms with E-state index in [4.69, 9.17) is 9.97 Å². The van der Waals surface area contributed by atoms with Crippen LogP contribution in [-0.2, 0) is 12.8 Å². The molecule has 4 heterocycles. The third-order valence-corrected chi connectivity index (χ3v) is 5.51. The van der Waals surface area contributed by atoms with Gasteiger partial charge in [0.05, 0.1) is 11.9 Å². The Morgan fingerprint density at radius 2 is 1.77 bits per heavy atom. The number of rotatable bonds is 4. The predicted molar refractivity (Wildman–Crippen MR) is 102 cm³/mol. The first-order chi connectivity index (χ1) is 12.9. The zero-order valence-electron chi connectivity index (χ0n) is 15.1. The fraction of sp³-hybridized carbons (Fsp3) is 0.579. The molecule has 2 aliphatic heterocycles. The topological polar surface area (TPSA) is 70.1 Å². The van der Waals surface area contributed by atoms with Gasteiger partial charge in [0.15, 0.2) is 0 Å². The Morgan fingerprint density at radius 1 is 0.923 bits per heavy atom. The fourth-order valence-corrected chi connectivity index (χ4v) is 3.87. The highest BCUT2D eigenvalue weighted by atomic mass is 15.3. The lowest BCUT2D eigenvalue weighted by atomic mass is 10.1. The maximum Gasteiger partial charge on any atom is 0.227 e. The third-order valence-electron chi connectivity index (χ3n) is 5.51. The van der Waals surface area contributed by atoms with E-state index in [1.54, 1.807) is 12.4 Å². The van der Waals surface area contributed by atoms with Gasteiger partial charge in [-0.05, 0) is 32.1 Å². The zero-order chi connectivity index (χ0) is 17.3. The van der Waals surface area contributed by atoms with Crippen molar-refractivity contribution in [2.75, 3.05) is 41.3 Å². The summed E-state index contributed by atoms with van der Waals surface area (Å²) in [7, 11) is 0. The molecule has 1 aliphatic carbocycles. The van der Waals surface area contributed by atoms with E-state index in [2.05, 4.69) is 25.1 Å². The Morgan fingerprint density at radius 3 is 2.54 bits per heavy atom. The number of hydrogen-bond acceptors (Lipinski definition) is 7. The Balaban J connectivity index is 1.45. The summed E-state index contributed by atoms with van der Waals surface area (Å²) in [6.45, 7) is 4.00. The number of nitrogens with one attached hydrogen (secondary N) is 1. The maximum absolute atomic E-state index is 4.98. The van der Waals surface area contributed by atoms with Crippen LogP contribution in [0.5, 0.6) is 0 Å². The summed E-state index contributed by atoms with van der Waals surface area (Å²) >= 11 is 0. The van der Waals surface area contributed by atoms with Gasteiger partial charge in [0.1, 0.15) is 11.6 Å². The van der Waals surface area contributed by atoms with Crippen molar-refractivity contribution in [3.05, 3.63) is 29.8 Å². The maximum atomic E-state index is 4.98. The van der Waals surface area contributed by atoms with Crippen LogP contribution in [0, 0.1) is 0 Å². The number of aromatic nitrogens is 4. The van der Waals surface area contributed by atoms with Crippen molar-refractivity contribution >= 4 is 17.6 Å². The van der Waals surface area contributed by atoms with Crippen molar-refractivity contribution < 1.29 is 0 Å². The molecule has 0 bridgehead atoms. The second-order valence-corrected chi connectivity index (χ2v) is 7.46. The highest BCUT2D eigenvalue weighted by Crippen LogP contribution is 2.31. The summed E-state index contributed by atoms with van der Waals surface area (Å²) < 4.78 is 0. The molecule has 0 spiro atoms. The van der Waals surface area contributed by atoms with E-state index < -0.39 is 0 Å². The van der Waals surface area contributed by atoms with Crippen molar-refractivity contribution in [1.82, 2.24) is 19.9 Å². The van der Waals surface area contributed by atoms with Gasteiger partial charge >= 0.3 is 0 Å². The van der Waals surface area contributed by atoms with E-state index in [9.17, 15) is 0 Å². The van der Waals surface area contributed by atoms with Gasteiger partial charge in [0, 0.05) is 56.6 Å². The van der Waals surface area contributed by atoms with Crippen molar-refractivity contribution in [3.8, 4) is 0 Å². The Kier molecular flexibility index (Phi) is 4.07. The Bertz CT molecular complexity index is 769. The molecule has 26 heavy (non-hydrogen) atoms. The summed E-state index contributed by atoms with van der Waals surface area (Å²) in [6.07, 6.45) is 12.2. The highest BCUT2D eigenvalue weighted by molar-refractivity contribution is 5.54. The molecule has 7 nitrogen and oxygen atoms in total. The molecule has 0 aromatic carbocycles. The van der Waals surface area contributed by atoms with Crippen LogP contribution in [0.4, 0.5) is 17.6 Å². The molecule has 136 valence electrons. The lowest BCUT2D eigenvalue weighted by molar-refractivity contribution is 0.783. The largest absolute Gasteiger partial charge is 0.367 e. The molecule has 1 N–H and O–H groups in total. The molecule has 1 saturated carbocycles. The first-order valence-corrected chi connectivity index (χ1v) is 9.79. The van der Waals surface area contributed by atoms with Gasteiger partial charge in [-0.3, -0.25) is 4.98 Å². The zero-order valence-corrected chi connectivity index (χ0v) is 15.1. The molecule has 1 saturated heterocycles. The van der Waals surface area contributed by atoms with Crippen LogP contribution in [-0.4, -0.2) is 52.2 Å². The van der Waals surface area contributed by atoms with Gasteiger partial charge in [-0.2, -0.15) is 4.98 Å². The van der Waals surface area contributed by atoms with Crippen molar-refractivity contribution in [2.24, 2.45) is 0 Å². The lowest BCUT2D eigenvalue weighted by Crippen LogP contribution is -2.27. The van der Waals surface area contributed by atoms with E-state index >= 15 is 0 Å². The quantitative estimate of drug-likeness (QED) is 0.904. The molecular formula is C19H25N7. The van der Waals surface area contributed by atoms with Crippen LogP contribution < -0.4 is 15.1 Å². The molecule has 2 aromatic heterocycles. The minimum absolute atomic E-state index is 0.597. The summed E-state index contributed by atoms with van der Waals surface area (Å²) in [5.41, 5.74) is 2.50. The van der Waals surface area contributed by atoms with Crippen LogP contribution >= 0.6 is 0 Å². The molecule has 0 unspecified atom stereocenters. The second kappa shape index (κ2) is 6.70. The van der Waals surface area contributed by atoms with Crippen LogP contribution in [0.1, 0.15) is 36.9 Å². The Labute approximate surface area is 153 Å². The van der Waals surface area contributed by atoms with Gasteiger partial charge in [-0.1, -0.05) is 0 Å². The summed E-state index contributed by atoms with van der Waals surface area (Å²) in [4.78, 5) is 23.3. The first kappa shape index (κ1) is 15.8. The molecule has 0 radical (unpaired) electrons. The van der Waals surface area contributed by atoms with Gasteiger partial charge in [-0.15, -0.1) is 0 Å². The number of fused-ring (bicyclic) bond motifs is 1. The van der Waals surface area contributed by atoms with Gasteiger partial charge in [0.25, 0.3) is 0 Å². The normalized spacial score (nSPS) is 20.0. The molecule has 3 aliphatic rings. The van der Waals surface area contributed by atoms with Crippen molar-refractivity contribution in [3.63, 3.8) is 0 Å². The van der Waals surface area contributed by atoms with E-state index in [-0.39, 0.29) is 0 Å². The smallest absolute Gasteiger partial charge is 0.227 e. The third kappa shape index (κ3) is 3.18. The summed E-state index contributed by atoms with van der Waals surface area (Å²) in [6, 6.07) is 0.597. The van der Waals surface area contributed by atoms with Gasteiger partial charge in [0.2, 0.25) is 5.95 Å². The van der Waals surface area contributed by atoms with Gasteiger partial charge < -0.3 is 15.1 Å². The molecule has 0 amide bonds. The second-order valence-electron chi connectivity index (χ2n) is 7.46. The summed E-state index contributed by atoms with van der Waals surface area (Å²) in [5, 5.41) is 3.67. The van der Waals surface area contributed by atoms with Gasteiger partial charge in [-0.25, -0.2) is 9.97 Å². The molecular weight excluding hydrogens is 326 g/mol. The molecule has 7 heteroatoms.